The van der Waals surface area contributed by atoms with Crippen LogP contribution in [0.4, 0.5) is 13.2 Å². The van der Waals surface area contributed by atoms with E-state index in [-0.39, 0.29) is 24.0 Å². The Balaban J connectivity index is 1.94. The van der Waals surface area contributed by atoms with Gasteiger partial charge >= 0.3 is 6.18 Å². The SMILES string of the molecule is O=C1[C@H](n2cnc3ncccc3c2=O)CCN1CC(F)(F)F. The maximum Gasteiger partial charge on any atom is 0.406 e. The quantitative estimate of drug-likeness (QED) is 0.833. The molecular formula is C13H11F3N4O2. The van der Waals surface area contributed by atoms with Gasteiger partial charge in [-0.1, -0.05) is 0 Å². The number of likely N-dealkylation sites (tertiary alicyclic amines) is 1. The number of amides is 1. The van der Waals surface area contributed by atoms with Crippen molar-refractivity contribution in [3.8, 4) is 0 Å². The minimum absolute atomic E-state index is 0.0411. The minimum Gasteiger partial charge on any atom is -0.332 e. The number of alkyl halides is 3. The molecule has 1 saturated heterocycles. The molecule has 22 heavy (non-hydrogen) atoms. The fourth-order valence-corrected chi connectivity index (χ4v) is 2.55. The van der Waals surface area contributed by atoms with Crippen molar-refractivity contribution in [3.63, 3.8) is 0 Å². The van der Waals surface area contributed by atoms with Gasteiger partial charge in [-0.15, -0.1) is 0 Å². The molecule has 0 N–H and O–H groups in total. The summed E-state index contributed by atoms with van der Waals surface area (Å²) in [5.41, 5.74) is -0.244. The van der Waals surface area contributed by atoms with Crippen molar-refractivity contribution in [1.29, 1.82) is 0 Å². The number of carbonyl (C=O) groups excluding carboxylic acids is 1. The summed E-state index contributed by atoms with van der Waals surface area (Å²) in [6.07, 6.45) is -1.68. The Morgan fingerprint density at radius 1 is 1.27 bits per heavy atom. The first-order valence-electron chi connectivity index (χ1n) is 6.54. The highest BCUT2D eigenvalue weighted by Crippen LogP contribution is 2.26. The van der Waals surface area contributed by atoms with E-state index in [1.165, 1.54) is 12.3 Å². The summed E-state index contributed by atoms with van der Waals surface area (Å²) in [6, 6.07) is 2.12. The topological polar surface area (TPSA) is 68.1 Å². The number of fused-ring (bicyclic) bond motifs is 1. The van der Waals surface area contributed by atoms with Crippen LogP contribution < -0.4 is 5.56 Å². The normalized spacial score (nSPS) is 19.1. The first kappa shape index (κ1) is 14.5. The number of nitrogens with zero attached hydrogens (tertiary/aromatic N) is 4. The van der Waals surface area contributed by atoms with Crippen LogP contribution >= 0.6 is 0 Å². The molecule has 0 saturated carbocycles. The van der Waals surface area contributed by atoms with Crippen LogP contribution in [0.15, 0.2) is 29.5 Å². The van der Waals surface area contributed by atoms with Crippen molar-refractivity contribution in [2.45, 2.75) is 18.6 Å². The Kier molecular flexibility index (Phi) is 3.34. The van der Waals surface area contributed by atoms with Crippen LogP contribution in [0.2, 0.25) is 0 Å². The number of carbonyl (C=O) groups is 1. The van der Waals surface area contributed by atoms with Gasteiger partial charge in [0.15, 0.2) is 5.65 Å². The molecule has 0 bridgehead atoms. The molecule has 6 nitrogen and oxygen atoms in total. The van der Waals surface area contributed by atoms with Crippen LogP contribution in [0.25, 0.3) is 11.0 Å². The van der Waals surface area contributed by atoms with E-state index in [1.54, 1.807) is 6.07 Å². The molecule has 1 amide bonds. The summed E-state index contributed by atoms with van der Waals surface area (Å²) in [6.45, 7) is -1.35. The maximum atomic E-state index is 12.4. The summed E-state index contributed by atoms with van der Waals surface area (Å²) in [7, 11) is 0. The monoisotopic (exact) mass is 312 g/mol. The van der Waals surface area contributed by atoms with Crippen LogP contribution in [-0.4, -0.2) is 44.6 Å². The Labute approximate surface area is 122 Å². The van der Waals surface area contributed by atoms with Gasteiger partial charge in [-0.25, -0.2) is 9.97 Å². The molecule has 0 radical (unpaired) electrons. The zero-order valence-corrected chi connectivity index (χ0v) is 11.2. The smallest absolute Gasteiger partial charge is 0.332 e. The third kappa shape index (κ3) is 2.53. The first-order chi connectivity index (χ1) is 10.4. The molecule has 3 rings (SSSR count). The van der Waals surface area contributed by atoms with Crippen molar-refractivity contribution in [3.05, 3.63) is 35.0 Å². The lowest BCUT2D eigenvalue weighted by Gasteiger charge is -2.19. The molecule has 2 aromatic rings. The summed E-state index contributed by atoms with van der Waals surface area (Å²) in [5, 5.41) is 0.229. The third-order valence-corrected chi connectivity index (χ3v) is 3.53. The third-order valence-electron chi connectivity index (χ3n) is 3.53. The number of hydrogen-bond donors (Lipinski definition) is 0. The second-order valence-corrected chi connectivity index (χ2v) is 5.01. The fourth-order valence-electron chi connectivity index (χ4n) is 2.55. The van der Waals surface area contributed by atoms with Crippen LogP contribution in [0.5, 0.6) is 0 Å². The highest BCUT2D eigenvalue weighted by atomic mass is 19.4. The molecule has 0 spiro atoms. The van der Waals surface area contributed by atoms with Gasteiger partial charge in [0.05, 0.1) is 5.39 Å². The van der Waals surface area contributed by atoms with E-state index in [9.17, 15) is 22.8 Å². The fraction of sp³-hybridized carbons (Fsp3) is 0.385. The molecule has 3 heterocycles. The zero-order valence-electron chi connectivity index (χ0n) is 11.2. The summed E-state index contributed by atoms with van der Waals surface area (Å²) < 4.78 is 38.3. The molecule has 1 atom stereocenters. The highest BCUT2D eigenvalue weighted by molar-refractivity contribution is 5.83. The molecule has 0 aliphatic carbocycles. The number of halogens is 3. The van der Waals surface area contributed by atoms with Crippen molar-refractivity contribution in [1.82, 2.24) is 19.4 Å². The van der Waals surface area contributed by atoms with E-state index < -0.39 is 30.2 Å². The van der Waals surface area contributed by atoms with Gasteiger partial charge in [-0.2, -0.15) is 13.2 Å². The van der Waals surface area contributed by atoms with Gasteiger partial charge in [0, 0.05) is 12.7 Å². The molecule has 2 aromatic heterocycles. The van der Waals surface area contributed by atoms with Crippen molar-refractivity contribution >= 4 is 16.9 Å². The van der Waals surface area contributed by atoms with Gasteiger partial charge in [0.2, 0.25) is 5.91 Å². The van der Waals surface area contributed by atoms with E-state index >= 15 is 0 Å². The van der Waals surface area contributed by atoms with Crippen molar-refractivity contribution in [2.75, 3.05) is 13.1 Å². The average Bonchev–Trinajstić information content (AvgIpc) is 2.79. The van der Waals surface area contributed by atoms with Gasteiger partial charge < -0.3 is 4.90 Å². The molecule has 1 aliphatic rings. The minimum atomic E-state index is -4.46. The Bertz CT molecular complexity index is 787. The van der Waals surface area contributed by atoms with Crippen LogP contribution in [-0.2, 0) is 4.79 Å². The second-order valence-electron chi connectivity index (χ2n) is 5.01. The Hall–Kier alpha value is -2.45. The van der Waals surface area contributed by atoms with Crippen molar-refractivity contribution < 1.29 is 18.0 Å². The molecule has 1 fully saturated rings. The number of hydrogen-bond acceptors (Lipinski definition) is 4. The molecule has 116 valence electrons. The summed E-state index contributed by atoms with van der Waals surface area (Å²) in [4.78, 5) is 33.1. The highest BCUT2D eigenvalue weighted by Gasteiger charge is 2.40. The summed E-state index contributed by atoms with van der Waals surface area (Å²) in [5.74, 6) is -0.718. The molecule has 1 aliphatic heterocycles. The first-order valence-corrected chi connectivity index (χ1v) is 6.54. The molecular weight excluding hydrogens is 301 g/mol. The lowest BCUT2D eigenvalue weighted by molar-refractivity contribution is -0.158. The van der Waals surface area contributed by atoms with Gasteiger partial charge in [-0.3, -0.25) is 14.2 Å². The van der Waals surface area contributed by atoms with Crippen LogP contribution in [0.3, 0.4) is 0 Å². The predicted molar refractivity (Wildman–Crippen MR) is 70.1 cm³/mol. The van der Waals surface area contributed by atoms with E-state index in [2.05, 4.69) is 9.97 Å². The number of pyridine rings is 1. The van der Waals surface area contributed by atoms with E-state index in [0.717, 1.165) is 10.9 Å². The lowest BCUT2D eigenvalue weighted by atomic mass is 10.2. The van der Waals surface area contributed by atoms with Crippen LogP contribution in [0, 0.1) is 0 Å². The second kappa shape index (κ2) is 5.08. The standard InChI is InChI=1S/C13H11F3N4O2/c14-13(15,16)6-19-5-3-9(12(19)22)20-7-18-10-8(11(20)21)2-1-4-17-10/h1-2,4,7,9H,3,5-6H2/t9-/m1/s1. The van der Waals surface area contributed by atoms with E-state index in [4.69, 9.17) is 0 Å². The van der Waals surface area contributed by atoms with Gasteiger partial charge in [0.25, 0.3) is 5.56 Å². The van der Waals surface area contributed by atoms with Gasteiger partial charge in [-0.05, 0) is 18.6 Å². The Morgan fingerprint density at radius 2 is 2.05 bits per heavy atom. The number of rotatable bonds is 2. The van der Waals surface area contributed by atoms with Crippen LogP contribution in [0.1, 0.15) is 12.5 Å². The Morgan fingerprint density at radius 3 is 2.77 bits per heavy atom. The van der Waals surface area contributed by atoms with Crippen molar-refractivity contribution in [2.24, 2.45) is 0 Å². The predicted octanol–water partition coefficient (Wildman–Crippen LogP) is 1.13. The molecule has 9 heteroatoms. The number of aromatic nitrogens is 3. The average molecular weight is 312 g/mol. The van der Waals surface area contributed by atoms with E-state index in [1.807, 2.05) is 0 Å². The maximum absolute atomic E-state index is 12.4. The molecule has 0 unspecified atom stereocenters. The molecule has 0 aromatic carbocycles. The van der Waals surface area contributed by atoms with Gasteiger partial charge in [0.1, 0.15) is 18.9 Å². The lowest BCUT2D eigenvalue weighted by Crippen LogP contribution is -2.38. The zero-order chi connectivity index (χ0) is 15.9. The summed E-state index contributed by atoms with van der Waals surface area (Å²) >= 11 is 0. The van der Waals surface area contributed by atoms with E-state index in [0.29, 0.717) is 4.90 Å². The largest absolute Gasteiger partial charge is 0.406 e.